The highest BCUT2D eigenvalue weighted by Gasteiger charge is 2.23. The number of H-pyrrole nitrogens is 1. The summed E-state index contributed by atoms with van der Waals surface area (Å²) < 4.78 is 19.4. The molecular weight excluding hydrogens is 361 g/mol. The minimum absolute atomic E-state index is 0.00341. The molecule has 2 aromatic carbocycles. The topological polar surface area (TPSA) is 77.6 Å². The summed E-state index contributed by atoms with van der Waals surface area (Å²) in [7, 11) is 0. The van der Waals surface area contributed by atoms with Gasteiger partial charge < -0.3 is 25.0 Å². The van der Waals surface area contributed by atoms with Crippen LogP contribution in [0.2, 0.25) is 0 Å². The van der Waals surface area contributed by atoms with E-state index in [0.717, 1.165) is 11.3 Å². The molecule has 28 heavy (non-hydrogen) atoms. The minimum Gasteiger partial charge on any atom is -0.394 e. The first-order chi connectivity index (χ1) is 13.6. The average molecular weight is 383 g/mol. The molecule has 2 heterocycles. The van der Waals surface area contributed by atoms with Gasteiger partial charge >= 0.3 is 0 Å². The number of ether oxygens (including phenoxy) is 1. The number of hydrogen-bond acceptors (Lipinski definition) is 4. The summed E-state index contributed by atoms with van der Waals surface area (Å²) in [5, 5.41) is 12.8. The van der Waals surface area contributed by atoms with Crippen molar-refractivity contribution in [3.63, 3.8) is 0 Å². The van der Waals surface area contributed by atoms with E-state index in [1.165, 1.54) is 12.1 Å². The van der Waals surface area contributed by atoms with Gasteiger partial charge in [0.1, 0.15) is 11.5 Å². The van der Waals surface area contributed by atoms with Crippen molar-refractivity contribution in [1.82, 2.24) is 4.98 Å². The average Bonchev–Trinajstić information content (AvgIpc) is 3.18. The van der Waals surface area contributed by atoms with E-state index < -0.39 is 0 Å². The van der Waals surface area contributed by atoms with Crippen LogP contribution < -0.4 is 10.2 Å². The van der Waals surface area contributed by atoms with Crippen molar-refractivity contribution >= 4 is 28.2 Å². The SMILES string of the molecule is Cc1ccc(F)c2cc(C(=O)Nc3cccc(N4CCOCC4CO)c3)[nH]c12. The Labute approximate surface area is 161 Å². The molecule has 0 radical (unpaired) electrons. The van der Waals surface area contributed by atoms with Gasteiger partial charge in [-0.15, -0.1) is 0 Å². The molecule has 4 rings (SSSR count). The van der Waals surface area contributed by atoms with Crippen LogP contribution in [-0.2, 0) is 4.74 Å². The molecule has 6 nitrogen and oxygen atoms in total. The molecule has 1 aliphatic rings. The maximum absolute atomic E-state index is 14.0. The molecule has 0 saturated carbocycles. The van der Waals surface area contributed by atoms with Crippen molar-refractivity contribution in [2.75, 3.05) is 36.6 Å². The Morgan fingerprint density at radius 1 is 1.36 bits per heavy atom. The number of aryl methyl sites for hydroxylation is 1. The summed E-state index contributed by atoms with van der Waals surface area (Å²) in [5.41, 5.74) is 3.33. The summed E-state index contributed by atoms with van der Waals surface area (Å²) in [6.07, 6.45) is 0. The Hall–Kier alpha value is -2.90. The summed E-state index contributed by atoms with van der Waals surface area (Å²) in [6, 6.07) is 11.9. The quantitative estimate of drug-likeness (QED) is 0.647. The highest BCUT2D eigenvalue weighted by molar-refractivity contribution is 6.06. The third-order valence-corrected chi connectivity index (χ3v) is 5.07. The van der Waals surface area contributed by atoms with E-state index in [2.05, 4.69) is 15.2 Å². The fraction of sp³-hybridized carbons (Fsp3) is 0.286. The lowest BCUT2D eigenvalue weighted by Crippen LogP contribution is -2.47. The molecule has 3 N–H and O–H groups in total. The number of carbonyl (C=O) groups excluding carboxylic acids is 1. The van der Waals surface area contributed by atoms with E-state index in [1.54, 1.807) is 12.1 Å². The number of anilines is 2. The van der Waals surface area contributed by atoms with E-state index in [0.29, 0.717) is 42.0 Å². The molecule has 1 aromatic heterocycles. The number of aromatic nitrogens is 1. The minimum atomic E-state index is -0.361. The molecule has 3 aromatic rings. The highest BCUT2D eigenvalue weighted by Crippen LogP contribution is 2.25. The second-order valence-electron chi connectivity index (χ2n) is 6.95. The predicted molar refractivity (Wildman–Crippen MR) is 106 cm³/mol. The van der Waals surface area contributed by atoms with Crippen molar-refractivity contribution in [3.8, 4) is 0 Å². The number of fused-ring (bicyclic) bond motifs is 1. The summed E-state index contributed by atoms with van der Waals surface area (Å²) in [5.74, 6) is -0.701. The number of aliphatic hydroxyl groups excluding tert-OH is 1. The van der Waals surface area contributed by atoms with Crippen LogP contribution in [0.5, 0.6) is 0 Å². The van der Waals surface area contributed by atoms with Crippen molar-refractivity contribution in [2.24, 2.45) is 0 Å². The van der Waals surface area contributed by atoms with Crippen molar-refractivity contribution in [3.05, 3.63) is 59.5 Å². The van der Waals surface area contributed by atoms with Gasteiger partial charge in [0.25, 0.3) is 5.91 Å². The van der Waals surface area contributed by atoms with Crippen LogP contribution in [0.25, 0.3) is 10.9 Å². The number of carbonyl (C=O) groups is 1. The van der Waals surface area contributed by atoms with Gasteiger partial charge in [-0.05, 0) is 42.8 Å². The number of nitrogens with one attached hydrogen (secondary N) is 2. The van der Waals surface area contributed by atoms with Gasteiger partial charge in [0.2, 0.25) is 0 Å². The standard InChI is InChI=1S/C21H22FN3O3/c1-13-5-6-18(22)17-10-19(24-20(13)17)21(27)23-14-3-2-4-15(9-14)25-7-8-28-12-16(25)11-26/h2-6,9-10,16,24,26H,7-8,11-12H2,1H3,(H,23,27). The molecular formula is C21H22FN3O3. The number of aromatic amines is 1. The van der Waals surface area contributed by atoms with E-state index in [9.17, 15) is 14.3 Å². The van der Waals surface area contributed by atoms with Gasteiger partial charge in [0.15, 0.2) is 0 Å². The van der Waals surface area contributed by atoms with Crippen molar-refractivity contribution in [2.45, 2.75) is 13.0 Å². The van der Waals surface area contributed by atoms with Gasteiger partial charge in [-0.2, -0.15) is 0 Å². The number of amides is 1. The maximum atomic E-state index is 14.0. The third-order valence-electron chi connectivity index (χ3n) is 5.07. The van der Waals surface area contributed by atoms with Gasteiger partial charge in [0.05, 0.1) is 31.4 Å². The molecule has 7 heteroatoms. The number of hydrogen-bond donors (Lipinski definition) is 3. The van der Waals surface area contributed by atoms with E-state index in [4.69, 9.17) is 4.74 Å². The van der Waals surface area contributed by atoms with Crippen LogP contribution >= 0.6 is 0 Å². The normalized spacial score (nSPS) is 17.1. The number of rotatable bonds is 4. The number of aliphatic hydroxyl groups is 1. The first kappa shape index (κ1) is 18.5. The fourth-order valence-electron chi connectivity index (χ4n) is 3.55. The summed E-state index contributed by atoms with van der Waals surface area (Å²) in [6.45, 7) is 3.59. The predicted octanol–water partition coefficient (Wildman–Crippen LogP) is 3.07. The Kier molecular flexibility index (Phi) is 5.02. The second-order valence-corrected chi connectivity index (χ2v) is 6.95. The molecule has 1 amide bonds. The van der Waals surface area contributed by atoms with E-state index in [-0.39, 0.29) is 24.4 Å². The molecule has 1 saturated heterocycles. The number of nitrogens with zero attached hydrogens (tertiary/aromatic N) is 1. The lowest BCUT2D eigenvalue weighted by Gasteiger charge is -2.36. The molecule has 1 unspecified atom stereocenters. The zero-order valence-corrected chi connectivity index (χ0v) is 15.5. The molecule has 0 bridgehead atoms. The lowest BCUT2D eigenvalue weighted by atomic mass is 10.1. The molecule has 0 aliphatic carbocycles. The fourth-order valence-corrected chi connectivity index (χ4v) is 3.55. The Morgan fingerprint density at radius 3 is 3.00 bits per heavy atom. The second kappa shape index (κ2) is 7.61. The molecule has 0 spiro atoms. The van der Waals surface area contributed by atoms with Crippen molar-refractivity contribution < 1.29 is 19.0 Å². The zero-order chi connectivity index (χ0) is 19.7. The van der Waals surface area contributed by atoms with Crippen LogP contribution in [0.15, 0.2) is 42.5 Å². The zero-order valence-electron chi connectivity index (χ0n) is 15.5. The first-order valence-electron chi connectivity index (χ1n) is 9.21. The number of halogens is 1. The molecule has 146 valence electrons. The maximum Gasteiger partial charge on any atom is 0.272 e. The van der Waals surface area contributed by atoms with Crippen molar-refractivity contribution in [1.29, 1.82) is 0 Å². The summed E-state index contributed by atoms with van der Waals surface area (Å²) in [4.78, 5) is 17.8. The molecule has 1 atom stereocenters. The smallest absolute Gasteiger partial charge is 0.272 e. The number of benzene rings is 2. The largest absolute Gasteiger partial charge is 0.394 e. The summed E-state index contributed by atoms with van der Waals surface area (Å²) >= 11 is 0. The van der Waals surface area contributed by atoms with Crippen LogP contribution in [-0.4, -0.2) is 48.4 Å². The Morgan fingerprint density at radius 2 is 2.21 bits per heavy atom. The van der Waals surface area contributed by atoms with Gasteiger partial charge in [-0.3, -0.25) is 4.79 Å². The van der Waals surface area contributed by atoms with Crippen LogP contribution in [0, 0.1) is 12.7 Å². The first-order valence-corrected chi connectivity index (χ1v) is 9.21. The van der Waals surface area contributed by atoms with Gasteiger partial charge in [-0.25, -0.2) is 4.39 Å². The highest BCUT2D eigenvalue weighted by atomic mass is 19.1. The van der Waals surface area contributed by atoms with E-state index >= 15 is 0 Å². The molecule has 1 aliphatic heterocycles. The van der Waals surface area contributed by atoms with Crippen LogP contribution in [0.1, 0.15) is 16.1 Å². The van der Waals surface area contributed by atoms with Gasteiger partial charge in [-0.1, -0.05) is 12.1 Å². The van der Waals surface area contributed by atoms with E-state index in [1.807, 2.05) is 25.1 Å². The van der Waals surface area contributed by atoms with Crippen LogP contribution in [0.4, 0.5) is 15.8 Å². The third kappa shape index (κ3) is 3.46. The Balaban J connectivity index is 1.57. The number of morpholine rings is 1. The van der Waals surface area contributed by atoms with Gasteiger partial charge in [0, 0.05) is 23.3 Å². The Bertz CT molecular complexity index is 978. The lowest BCUT2D eigenvalue weighted by molar-refractivity contribution is 0.0727. The molecule has 1 fully saturated rings. The monoisotopic (exact) mass is 383 g/mol. The van der Waals surface area contributed by atoms with Crippen LogP contribution in [0.3, 0.4) is 0 Å².